The monoisotopic (exact) mass is 283 g/mol. The standard InChI is InChI=1S/C18H21NO2/c1-4-21-17-8-6-5-7-16(17)12-19-18(20)15-10-9-13(2)14(3)11-15/h5-11H,4,12H2,1-3H3,(H,19,20). The van der Waals surface area contributed by atoms with Crippen molar-refractivity contribution in [2.45, 2.75) is 27.3 Å². The van der Waals surface area contributed by atoms with Gasteiger partial charge in [0.2, 0.25) is 0 Å². The molecular weight excluding hydrogens is 262 g/mol. The van der Waals surface area contributed by atoms with Crippen molar-refractivity contribution in [2.24, 2.45) is 0 Å². The van der Waals surface area contributed by atoms with Crippen LogP contribution in [0.15, 0.2) is 42.5 Å². The summed E-state index contributed by atoms with van der Waals surface area (Å²) in [4.78, 5) is 12.2. The zero-order valence-corrected chi connectivity index (χ0v) is 12.8. The number of hydrogen-bond acceptors (Lipinski definition) is 2. The first kappa shape index (κ1) is 15.1. The second-order valence-electron chi connectivity index (χ2n) is 5.02. The summed E-state index contributed by atoms with van der Waals surface area (Å²) in [6.07, 6.45) is 0. The van der Waals surface area contributed by atoms with Gasteiger partial charge in [0.15, 0.2) is 0 Å². The summed E-state index contributed by atoms with van der Waals surface area (Å²) in [6.45, 7) is 7.07. The third kappa shape index (κ3) is 3.85. The number of amides is 1. The Bertz CT molecular complexity index is 635. The summed E-state index contributed by atoms with van der Waals surface area (Å²) in [6, 6.07) is 13.5. The van der Waals surface area contributed by atoms with Gasteiger partial charge in [-0.1, -0.05) is 24.3 Å². The predicted molar refractivity (Wildman–Crippen MR) is 84.7 cm³/mol. The van der Waals surface area contributed by atoms with Crippen LogP contribution in [0.4, 0.5) is 0 Å². The van der Waals surface area contributed by atoms with Crippen LogP contribution in [0.25, 0.3) is 0 Å². The second-order valence-corrected chi connectivity index (χ2v) is 5.02. The Labute approximate surface area is 126 Å². The molecule has 2 aromatic carbocycles. The number of hydrogen-bond donors (Lipinski definition) is 1. The molecule has 0 aliphatic carbocycles. The van der Waals surface area contributed by atoms with E-state index in [-0.39, 0.29) is 5.91 Å². The van der Waals surface area contributed by atoms with E-state index in [2.05, 4.69) is 5.32 Å². The van der Waals surface area contributed by atoms with Crippen molar-refractivity contribution >= 4 is 5.91 Å². The van der Waals surface area contributed by atoms with Crippen molar-refractivity contribution in [1.82, 2.24) is 5.32 Å². The van der Waals surface area contributed by atoms with Gasteiger partial charge in [-0.05, 0) is 50.1 Å². The maximum Gasteiger partial charge on any atom is 0.251 e. The minimum atomic E-state index is -0.0654. The van der Waals surface area contributed by atoms with E-state index in [9.17, 15) is 4.79 Å². The molecule has 0 aromatic heterocycles. The fourth-order valence-corrected chi connectivity index (χ4v) is 2.11. The molecule has 0 saturated carbocycles. The molecule has 2 rings (SSSR count). The van der Waals surface area contributed by atoms with Crippen molar-refractivity contribution in [3.63, 3.8) is 0 Å². The number of rotatable bonds is 5. The van der Waals surface area contributed by atoms with Crippen molar-refractivity contribution in [3.8, 4) is 5.75 Å². The Kier molecular flexibility index (Phi) is 4.99. The molecule has 0 fully saturated rings. The van der Waals surface area contributed by atoms with Crippen LogP contribution in [-0.2, 0) is 6.54 Å². The number of carbonyl (C=O) groups is 1. The zero-order chi connectivity index (χ0) is 15.2. The summed E-state index contributed by atoms with van der Waals surface area (Å²) in [5, 5.41) is 2.94. The molecule has 21 heavy (non-hydrogen) atoms. The summed E-state index contributed by atoms with van der Waals surface area (Å²) >= 11 is 0. The van der Waals surface area contributed by atoms with Gasteiger partial charge in [-0.3, -0.25) is 4.79 Å². The van der Waals surface area contributed by atoms with E-state index in [0.29, 0.717) is 18.7 Å². The Balaban J connectivity index is 2.05. The summed E-state index contributed by atoms with van der Waals surface area (Å²) < 4.78 is 5.56. The van der Waals surface area contributed by atoms with E-state index in [1.54, 1.807) is 0 Å². The molecule has 0 unspecified atom stereocenters. The molecule has 0 radical (unpaired) electrons. The number of benzene rings is 2. The number of ether oxygens (including phenoxy) is 1. The van der Waals surface area contributed by atoms with Gasteiger partial charge < -0.3 is 10.1 Å². The Morgan fingerprint density at radius 2 is 1.86 bits per heavy atom. The molecule has 3 heteroatoms. The first-order valence-electron chi connectivity index (χ1n) is 7.18. The molecule has 1 amide bonds. The van der Waals surface area contributed by atoms with Crippen LogP contribution in [0.3, 0.4) is 0 Å². The van der Waals surface area contributed by atoms with Crippen LogP contribution in [-0.4, -0.2) is 12.5 Å². The number of aryl methyl sites for hydroxylation is 2. The van der Waals surface area contributed by atoms with Gasteiger partial charge in [-0.15, -0.1) is 0 Å². The van der Waals surface area contributed by atoms with Crippen LogP contribution in [0.5, 0.6) is 5.75 Å². The zero-order valence-electron chi connectivity index (χ0n) is 12.8. The molecule has 0 aliphatic heterocycles. The lowest BCUT2D eigenvalue weighted by Gasteiger charge is -2.11. The molecule has 0 aliphatic rings. The maximum absolute atomic E-state index is 12.2. The minimum Gasteiger partial charge on any atom is -0.494 e. The molecule has 0 saturated heterocycles. The van der Waals surface area contributed by atoms with Gasteiger partial charge in [0.25, 0.3) is 5.91 Å². The van der Waals surface area contributed by atoms with Crippen LogP contribution >= 0.6 is 0 Å². The third-order valence-corrected chi connectivity index (χ3v) is 3.48. The highest BCUT2D eigenvalue weighted by Crippen LogP contribution is 2.18. The molecule has 2 aromatic rings. The van der Waals surface area contributed by atoms with Crippen molar-refractivity contribution in [1.29, 1.82) is 0 Å². The fraction of sp³-hybridized carbons (Fsp3) is 0.278. The molecule has 0 atom stereocenters. The smallest absolute Gasteiger partial charge is 0.251 e. The van der Waals surface area contributed by atoms with E-state index in [1.807, 2.05) is 63.2 Å². The average molecular weight is 283 g/mol. The number of para-hydroxylation sites is 1. The Morgan fingerprint density at radius 1 is 1.10 bits per heavy atom. The van der Waals surface area contributed by atoms with E-state index in [4.69, 9.17) is 4.74 Å². The predicted octanol–water partition coefficient (Wildman–Crippen LogP) is 3.63. The van der Waals surface area contributed by atoms with Crippen LogP contribution in [0.2, 0.25) is 0 Å². The summed E-state index contributed by atoms with van der Waals surface area (Å²) in [5.74, 6) is 0.754. The first-order chi connectivity index (χ1) is 10.1. The average Bonchev–Trinajstić information content (AvgIpc) is 2.49. The topological polar surface area (TPSA) is 38.3 Å². The summed E-state index contributed by atoms with van der Waals surface area (Å²) in [7, 11) is 0. The lowest BCUT2D eigenvalue weighted by molar-refractivity contribution is 0.0950. The fourth-order valence-electron chi connectivity index (χ4n) is 2.11. The van der Waals surface area contributed by atoms with Crippen LogP contribution in [0, 0.1) is 13.8 Å². The van der Waals surface area contributed by atoms with Gasteiger partial charge in [0.1, 0.15) is 5.75 Å². The lowest BCUT2D eigenvalue weighted by Crippen LogP contribution is -2.23. The van der Waals surface area contributed by atoms with Crippen molar-refractivity contribution in [3.05, 3.63) is 64.7 Å². The number of carbonyl (C=O) groups excluding carboxylic acids is 1. The van der Waals surface area contributed by atoms with E-state index >= 15 is 0 Å². The largest absolute Gasteiger partial charge is 0.494 e. The molecular formula is C18H21NO2. The van der Waals surface area contributed by atoms with Crippen LogP contribution < -0.4 is 10.1 Å². The molecule has 0 heterocycles. The molecule has 1 N–H and O–H groups in total. The Morgan fingerprint density at radius 3 is 2.57 bits per heavy atom. The quantitative estimate of drug-likeness (QED) is 0.910. The van der Waals surface area contributed by atoms with Crippen LogP contribution in [0.1, 0.15) is 34.0 Å². The second kappa shape index (κ2) is 6.93. The lowest BCUT2D eigenvalue weighted by atomic mass is 10.1. The normalized spacial score (nSPS) is 10.2. The van der Waals surface area contributed by atoms with E-state index in [0.717, 1.165) is 16.9 Å². The van der Waals surface area contributed by atoms with Crippen molar-refractivity contribution < 1.29 is 9.53 Å². The maximum atomic E-state index is 12.2. The van der Waals surface area contributed by atoms with Gasteiger partial charge in [0, 0.05) is 17.7 Å². The highest BCUT2D eigenvalue weighted by atomic mass is 16.5. The third-order valence-electron chi connectivity index (χ3n) is 3.48. The summed E-state index contributed by atoms with van der Waals surface area (Å²) in [5.41, 5.74) is 3.98. The first-order valence-corrected chi connectivity index (χ1v) is 7.18. The number of nitrogens with one attached hydrogen (secondary N) is 1. The van der Waals surface area contributed by atoms with Gasteiger partial charge in [0.05, 0.1) is 6.61 Å². The van der Waals surface area contributed by atoms with Gasteiger partial charge in [-0.2, -0.15) is 0 Å². The highest BCUT2D eigenvalue weighted by Gasteiger charge is 2.08. The van der Waals surface area contributed by atoms with Crippen molar-refractivity contribution in [2.75, 3.05) is 6.61 Å². The molecule has 0 bridgehead atoms. The molecule has 110 valence electrons. The molecule has 0 spiro atoms. The van der Waals surface area contributed by atoms with E-state index < -0.39 is 0 Å². The van der Waals surface area contributed by atoms with Gasteiger partial charge >= 0.3 is 0 Å². The molecule has 3 nitrogen and oxygen atoms in total. The minimum absolute atomic E-state index is 0.0654. The Hall–Kier alpha value is -2.29. The van der Waals surface area contributed by atoms with Gasteiger partial charge in [-0.25, -0.2) is 0 Å². The SMILES string of the molecule is CCOc1ccccc1CNC(=O)c1ccc(C)c(C)c1. The van der Waals surface area contributed by atoms with E-state index in [1.165, 1.54) is 5.56 Å². The highest BCUT2D eigenvalue weighted by molar-refractivity contribution is 5.94.